The third-order valence-electron chi connectivity index (χ3n) is 7.82. The first kappa shape index (κ1) is 37.3. The van der Waals surface area contributed by atoms with E-state index in [0.29, 0.717) is 36.3 Å². The number of rotatable bonds is 19. The van der Waals surface area contributed by atoms with E-state index in [2.05, 4.69) is 23.6 Å². The Labute approximate surface area is 276 Å². The van der Waals surface area contributed by atoms with E-state index in [1.807, 2.05) is 36.9 Å². The lowest BCUT2D eigenvalue weighted by Gasteiger charge is -2.25. The van der Waals surface area contributed by atoms with Gasteiger partial charge in [-0.15, -0.1) is 0 Å². The van der Waals surface area contributed by atoms with Crippen LogP contribution in [0.25, 0.3) is 0 Å². The summed E-state index contributed by atoms with van der Waals surface area (Å²) in [6.07, 6.45) is 1.40. The number of nitrogens with one attached hydrogen (secondary N) is 2. The minimum atomic E-state index is -1.09. The van der Waals surface area contributed by atoms with E-state index in [4.69, 9.17) is 5.73 Å². The fraction of sp³-hybridized carbons (Fsp3) is 0.432. The minimum Gasteiger partial charge on any atom is -0.390 e. The molecular weight excluding hydrogens is 602 g/mol. The number of halogens is 2. The molecular formula is C37H48F2N4O4. The van der Waals surface area contributed by atoms with Crippen LogP contribution in [0.5, 0.6) is 0 Å². The van der Waals surface area contributed by atoms with Crippen LogP contribution in [0.3, 0.4) is 0 Å². The number of primary amides is 1. The summed E-state index contributed by atoms with van der Waals surface area (Å²) in [7, 11) is 0. The van der Waals surface area contributed by atoms with Gasteiger partial charge in [0.2, 0.25) is 17.7 Å². The molecule has 0 fully saturated rings. The Kier molecular flexibility index (Phi) is 15.0. The van der Waals surface area contributed by atoms with Gasteiger partial charge in [-0.2, -0.15) is 0 Å². The van der Waals surface area contributed by atoms with Crippen molar-refractivity contribution in [3.63, 3.8) is 0 Å². The molecule has 3 amide bonds. The van der Waals surface area contributed by atoms with Gasteiger partial charge in [-0.1, -0.05) is 63.2 Å². The van der Waals surface area contributed by atoms with Crippen molar-refractivity contribution < 1.29 is 28.3 Å². The van der Waals surface area contributed by atoms with Crippen LogP contribution in [0, 0.1) is 11.6 Å². The Hall–Kier alpha value is -4.15. The molecule has 0 aromatic heterocycles. The third kappa shape index (κ3) is 12.9. The second-order valence-corrected chi connectivity index (χ2v) is 12.1. The lowest BCUT2D eigenvalue weighted by Crippen LogP contribution is -2.49. The Morgan fingerprint density at radius 2 is 1.36 bits per heavy atom. The zero-order chi connectivity index (χ0) is 34.3. The highest BCUT2D eigenvalue weighted by atomic mass is 19.1. The summed E-state index contributed by atoms with van der Waals surface area (Å²) < 4.78 is 28.0. The zero-order valence-electron chi connectivity index (χ0n) is 27.7. The Balaban J connectivity index is 1.78. The number of carbonyl (C=O) groups is 3. The smallest absolute Gasteiger partial charge is 0.226 e. The molecule has 0 aliphatic heterocycles. The van der Waals surface area contributed by atoms with E-state index < -0.39 is 35.6 Å². The molecule has 47 heavy (non-hydrogen) atoms. The van der Waals surface area contributed by atoms with E-state index in [0.717, 1.165) is 30.9 Å². The molecule has 3 aromatic rings. The van der Waals surface area contributed by atoms with Crippen LogP contribution in [0.15, 0.2) is 60.7 Å². The number of hydrogen-bond donors (Lipinski definition) is 4. The van der Waals surface area contributed by atoms with Crippen molar-refractivity contribution in [2.24, 2.45) is 5.73 Å². The number of aliphatic hydroxyl groups excluding tert-OH is 1. The molecule has 0 aliphatic rings. The number of aryl methyl sites for hydroxylation is 1. The van der Waals surface area contributed by atoms with Gasteiger partial charge in [-0.3, -0.25) is 14.4 Å². The van der Waals surface area contributed by atoms with Gasteiger partial charge in [0.1, 0.15) is 11.6 Å². The fourth-order valence-electron chi connectivity index (χ4n) is 5.71. The highest BCUT2D eigenvalue weighted by Gasteiger charge is 2.23. The number of aliphatic hydroxyl groups is 1. The maximum Gasteiger partial charge on any atom is 0.226 e. The summed E-state index contributed by atoms with van der Waals surface area (Å²) in [6.45, 7) is 7.98. The molecule has 0 saturated carbocycles. The van der Waals surface area contributed by atoms with Crippen LogP contribution in [0.4, 0.5) is 8.78 Å². The van der Waals surface area contributed by atoms with Crippen molar-refractivity contribution in [2.75, 3.05) is 19.6 Å². The van der Waals surface area contributed by atoms with E-state index in [9.17, 15) is 28.3 Å². The summed E-state index contributed by atoms with van der Waals surface area (Å²) in [5, 5.41) is 17.2. The van der Waals surface area contributed by atoms with E-state index in [-0.39, 0.29) is 43.7 Å². The average Bonchev–Trinajstić information content (AvgIpc) is 2.99. The first-order chi connectivity index (χ1) is 22.5. The number of nitrogens with two attached hydrogens (primary N) is 1. The largest absolute Gasteiger partial charge is 0.390 e. The van der Waals surface area contributed by atoms with Crippen molar-refractivity contribution in [3.8, 4) is 0 Å². The van der Waals surface area contributed by atoms with Gasteiger partial charge in [0, 0.05) is 32.2 Å². The molecule has 0 bridgehead atoms. The van der Waals surface area contributed by atoms with Crippen LogP contribution >= 0.6 is 0 Å². The minimum absolute atomic E-state index is 0.0131. The first-order valence-electron chi connectivity index (χ1n) is 16.4. The molecule has 0 unspecified atom stereocenters. The topological polar surface area (TPSA) is 125 Å². The molecule has 0 heterocycles. The first-order valence-corrected chi connectivity index (χ1v) is 16.4. The SMILES string of the molecule is CCCN(CCC)C(=O)Cc1cc(CC(N)=O)cc(CC(=O)N[C@@H](Cc2cc(F)cc(F)c2)[C@H](O)CNCc2cccc(CC)c2)c1. The van der Waals surface area contributed by atoms with Gasteiger partial charge in [0.25, 0.3) is 0 Å². The Bertz CT molecular complexity index is 1470. The Morgan fingerprint density at radius 3 is 1.96 bits per heavy atom. The van der Waals surface area contributed by atoms with Crippen molar-refractivity contribution in [1.82, 2.24) is 15.5 Å². The predicted octanol–water partition coefficient (Wildman–Crippen LogP) is 4.17. The second-order valence-electron chi connectivity index (χ2n) is 12.1. The lowest BCUT2D eigenvalue weighted by atomic mass is 9.97. The number of hydrogen-bond acceptors (Lipinski definition) is 5. The summed E-state index contributed by atoms with van der Waals surface area (Å²) in [5.41, 5.74) is 9.80. The molecule has 3 rings (SSSR count). The van der Waals surface area contributed by atoms with E-state index >= 15 is 0 Å². The maximum atomic E-state index is 14.0. The fourth-order valence-corrected chi connectivity index (χ4v) is 5.71. The van der Waals surface area contributed by atoms with Gasteiger partial charge in [0.15, 0.2) is 0 Å². The van der Waals surface area contributed by atoms with Gasteiger partial charge in [0.05, 0.1) is 31.4 Å². The highest BCUT2D eigenvalue weighted by Crippen LogP contribution is 2.16. The molecule has 0 radical (unpaired) electrons. The summed E-state index contributed by atoms with van der Waals surface area (Å²) in [6, 6.07) is 15.5. The van der Waals surface area contributed by atoms with Crippen LogP contribution in [-0.2, 0) is 53.0 Å². The van der Waals surface area contributed by atoms with Crippen LogP contribution in [0.2, 0.25) is 0 Å². The summed E-state index contributed by atoms with van der Waals surface area (Å²) >= 11 is 0. The predicted molar refractivity (Wildman–Crippen MR) is 179 cm³/mol. The van der Waals surface area contributed by atoms with Crippen LogP contribution in [-0.4, -0.2) is 59.5 Å². The van der Waals surface area contributed by atoms with Gasteiger partial charge < -0.3 is 26.4 Å². The number of nitrogens with zero attached hydrogens (tertiary/aromatic N) is 1. The normalized spacial score (nSPS) is 12.4. The average molecular weight is 651 g/mol. The molecule has 8 nitrogen and oxygen atoms in total. The molecule has 10 heteroatoms. The van der Waals surface area contributed by atoms with Gasteiger partial charge >= 0.3 is 0 Å². The lowest BCUT2D eigenvalue weighted by molar-refractivity contribution is -0.130. The standard InChI is InChI=1S/C37H48F2N4O4/c1-4-10-43(11-5-2)37(47)21-29-14-27(19-35(40)45)13-28(15-29)20-36(46)42-33(18-30-16-31(38)22-32(39)17-30)34(44)24-41-23-26-9-7-8-25(6-3)12-26/h7-9,12-17,22,33-34,41,44H,4-6,10-11,18-21,23-24H2,1-3H3,(H2,40,45)(H,42,46)/t33-,34+/m0/s1. The number of amides is 3. The molecule has 0 spiro atoms. The Morgan fingerprint density at radius 1 is 0.787 bits per heavy atom. The molecule has 3 aromatic carbocycles. The van der Waals surface area contributed by atoms with E-state index in [1.165, 1.54) is 17.7 Å². The molecule has 5 N–H and O–H groups in total. The van der Waals surface area contributed by atoms with Crippen LogP contribution < -0.4 is 16.4 Å². The second kappa shape index (κ2) is 18.9. The highest BCUT2D eigenvalue weighted by molar-refractivity contribution is 5.81. The van der Waals surface area contributed by atoms with Crippen molar-refractivity contribution in [1.29, 1.82) is 0 Å². The summed E-state index contributed by atoms with van der Waals surface area (Å²) in [4.78, 5) is 40.0. The maximum absolute atomic E-state index is 14.0. The molecule has 0 aliphatic carbocycles. The van der Waals surface area contributed by atoms with Crippen molar-refractivity contribution in [3.05, 3.63) is 106 Å². The monoisotopic (exact) mass is 650 g/mol. The van der Waals surface area contributed by atoms with Crippen LogP contribution in [0.1, 0.15) is 67.0 Å². The third-order valence-corrected chi connectivity index (χ3v) is 7.82. The molecule has 254 valence electrons. The zero-order valence-corrected chi connectivity index (χ0v) is 27.7. The number of carbonyl (C=O) groups excluding carboxylic acids is 3. The number of benzene rings is 3. The van der Waals surface area contributed by atoms with Crippen molar-refractivity contribution in [2.45, 2.75) is 84.4 Å². The van der Waals surface area contributed by atoms with Gasteiger partial charge in [-0.25, -0.2) is 8.78 Å². The van der Waals surface area contributed by atoms with E-state index in [1.54, 1.807) is 18.2 Å². The summed E-state index contributed by atoms with van der Waals surface area (Å²) in [5.74, 6) is -2.52. The van der Waals surface area contributed by atoms with Gasteiger partial charge in [-0.05, 0) is 71.2 Å². The molecule has 0 saturated heterocycles. The molecule has 2 atom stereocenters. The van der Waals surface area contributed by atoms with Crippen molar-refractivity contribution >= 4 is 17.7 Å². The quantitative estimate of drug-likeness (QED) is 0.155.